The molecule has 0 radical (unpaired) electrons. The number of methoxy groups -OCH3 is 2. The number of ether oxygens (including phenoxy) is 2. The summed E-state index contributed by atoms with van der Waals surface area (Å²) in [6.45, 7) is 2.61. The molecule has 1 aromatic carbocycles. The summed E-state index contributed by atoms with van der Waals surface area (Å²) < 4.78 is 12.9. The molecule has 8 heteroatoms. The minimum Gasteiger partial charge on any atom is -0.493 e. The third-order valence-corrected chi connectivity index (χ3v) is 8.20. The lowest BCUT2D eigenvalue weighted by molar-refractivity contribution is -0.134. The largest absolute Gasteiger partial charge is 0.493 e. The minimum absolute atomic E-state index is 0.0858. The monoisotopic (exact) mass is 481 g/mol. The second-order valence-electron chi connectivity index (χ2n) is 9.46. The van der Waals surface area contributed by atoms with E-state index in [1.54, 1.807) is 30.5 Å². The average Bonchev–Trinajstić information content (AvgIpc) is 3.44. The number of carbonyl (C=O) groups is 2. The molecule has 5 rings (SSSR count). The Morgan fingerprint density at radius 2 is 1.88 bits per heavy atom. The van der Waals surface area contributed by atoms with E-state index in [0.29, 0.717) is 30.3 Å². The molecule has 1 atom stereocenters. The Labute approximate surface area is 203 Å². The van der Waals surface area contributed by atoms with Crippen LogP contribution < -0.4 is 14.8 Å². The maximum absolute atomic E-state index is 13.9. The highest BCUT2D eigenvalue weighted by Crippen LogP contribution is 2.37. The van der Waals surface area contributed by atoms with Gasteiger partial charge in [0.15, 0.2) is 11.5 Å². The number of rotatable bonds is 6. The van der Waals surface area contributed by atoms with Crippen molar-refractivity contribution in [3.63, 3.8) is 0 Å². The van der Waals surface area contributed by atoms with Crippen LogP contribution in [0.15, 0.2) is 35.7 Å². The predicted octanol–water partition coefficient (Wildman–Crippen LogP) is 4.58. The predicted molar refractivity (Wildman–Crippen MR) is 133 cm³/mol. The number of benzene rings is 1. The van der Waals surface area contributed by atoms with Crippen LogP contribution in [0.4, 0.5) is 0 Å². The Bertz CT molecular complexity index is 1230. The molecule has 0 spiro atoms. The maximum atomic E-state index is 13.9. The van der Waals surface area contributed by atoms with Crippen LogP contribution in [-0.2, 0) is 17.9 Å². The van der Waals surface area contributed by atoms with Gasteiger partial charge in [-0.1, -0.05) is 25.3 Å². The standard InChI is InChI=1S/C26H31N3O4S/c1-26(25(31)27-19-7-5-4-6-8-19)16-28-20(14-18-11-12-34-24(18)28)23(30)29(26)15-17-9-10-21(32-2)22(13-17)33-3/h9-14,19H,4-8,15-16H2,1-3H3,(H,27,31)/t26-/m1/s1. The van der Waals surface area contributed by atoms with Crippen LogP contribution in [0.2, 0.25) is 0 Å². The van der Waals surface area contributed by atoms with Gasteiger partial charge < -0.3 is 24.3 Å². The van der Waals surface area contributed by atoms with Crippen molar-refractivity contribution in [2.45, 2.75) is 63.7 Å². The summed E-state index contributed by atoms with van der Waals surface area (Å²) in [5.74, 6) is 1.01. The lowest BCUT2D eigenvalue weighted by Crippen LogP contribution is -2.64. The molecule has 1 aliphatic carbocycles. The van der Waals surface area contributed by atoms with Gasteiger partial charge in [0.2, 0.25) is 5.91 Å². The molecule has 1 fully saturated rings. The fourth-order valence-electron chi connectivity index (χ4n) is 5.25. The molecule has 2 amide bonds. The van der Waals surface area contributed by atoms with Gasteiger partial charge in [-0.05, 0) is 55.0 Å². The minimum atomic E-state index is -1.02. The average molecular weight is 482 g/mol. The Morgan fingerprint density at radius 3 is 2.62 bits per heavy atom. The number of amides is 2. The SMILES string of the molecule is COc1ccc(CN2C(=O)c3cc4ccsc4n3C[C@]2(C)C(=O)NC2CCCCC2)cc1OC. The molecule has 180 valence electrons. The second-order valence-corrected chi connectivity index (χ2v) is 10.4. The highest BCUT2D eigenvalue weighted by molar-refractivity contribution is 7.16. The van der Waals surface area contributed by atoms with Gasteiger partial charge in [0, 0.05) is 18.0 Å². The van der Waals surface area contributed by atoms with Gasteiger partial charge in [-0.3, -0.25) is 9.59 Å². The molecule has 1 saturated carbocycles. The van der Waals surface area contributed by atoms with E-state index < -0.39 is 5.54 Å². The van der Waals surface area contributed by atoms with Crippen molar-refractivity contribution in [2.75, 3.05) is 14.2 Å². The van der Waals surface area contributed by atoms with E-state index in [1.165, 1.54) is 6.42 Å². The molecule has 1 N–H and O–H groups in total. The first-order valence-electron chi connectivity index (χ1n) is 11.8. The van der Waals surface area contributed by atoms with Gasteiger partial charge in [0.05, 0.1) is 20.8 Å². The first-order valence-corrected chi connectivity index (χ1v) is 12.7. The number of nitrogens with one attached hydrogen (secondary N) is 1. The fraction of sp³-hybridized carbons (Fsp3) is 0.462. The van der Waals surface area contributed by atoms with Gasteiger partial charge in [-0.15, -0.1) is 11.3 Å². The zero-order valence-electron chi connectivity index (χ0n) is 19.9. The summed E-state index contributed by atoms with van der Waals surface area (Å²) in [6, 6.07) is 9.76. The molecule has 7 nitrogen and oxygen atoms in total. The van der Waals surface area contributed by atoms with Crippen molar-refractivity contribution in [2.24, 2.45) is 0 Å². The number of hydrogen-bond acceptors (Lipinski definition) is 5. The molecule has 0 unspecified atom stereocenters. The third-order valence-electron chi connectivity index (χ3n) is 7.25. The molecule has 0 saturated heterocycles. The number of hydrogen-bond donors (Lipinski definition) is 1. The highest BCUT2D eigenvalue weighted by Gasteiger charge is 2.48. The van der Waals surface area contributed by atoms with Gasteiger partial charge in [0.25, 0.3) is 5.91 Å². The Morgan fingerprint density at radius 1 is 1.12 bits per heavy atom. The lowest BCUT2D eigenvalue weighted by Gasteiger charge is -2.44. The van der Waals surface area contributed by atoms with Crippen LogP contribution in [0.25, 0.3) is 10.2 Å². The fourth-order valence-corrected chi connectivity index (χ4v) is 6.15. The van der Waals surface area contributed by atoms with Crippen molar-refractivity contribution < 1.29 is 19.1 Å². The number of carbonyl (C=O) groups excluding carboxylic acids is 2. The number of nitrogens with zero attached hydrogens (tertiary/aromatic N) is 2. The quantitative estimate of drug-likeness (QED) is 0.559. The summed E-state index contributed by atoms with van der Waals surface area (Å²) in [4.78, 5) is 30.4. The molecule has 3 aromatic rings. The molecule has 2 aliphatic rings. The molecule has 1 aliphatic heterocycles. The summed E-state index contributed by atoms with van der Waals surface area (Å²) in [7, 11) is 3.19. The van der Waals surface area contributed by atoms with E-state index in [9.17, 15) is 9.59 Å². The number of thiophene rings is 1. The van der Waals surface area contributed by atoms with E-state index in [2.05, 4.69) is 5.32 Å². The zero-order chi connectivity index (χ0) is 23.9. The summed E-state index contributed by atoms with van der Waals surface area (Å²) in [6.07, 6.45) is 5.47. The van der Waals surface area contributed by atoms with Crippen LogP contribution in [0.1, 0.15) is 55.1 Å². The first-order chi connectivity index (χ1) is 16.4. The number of aromatic nitrogens is 1. The maximum Gasteiger partial charge on any atom is 0.271 e. The van der Waals surface area contributed by atoms with Crippen LogP contribution >= 0.6 is 11.3 Å². The third kappa shape index (κ3) is 3.83. The van der Waals surface area contributed by atoms with Crippen LogP contribution in [0, 0.1) is 0 Å². The van der Waals surface area contributed by atoms with E-state index >= 15 is 0 Å². The van der Waals surface area contributed by atoms with Crippen molar-refractivity contribution in [1.29, 1.82) is 0 Å². The zero-order valence-corrected chi connectivity index (χ0v) is 20.7. The molecular weight excluding hydrogens is 450 g/mol. The molecule has 0 bridgehead atoms. The smallest absolute Gasteiger partial charge is 0.271 e. The Hall–Kier alpha value is -3.00. The van der Waals surface area contributed by atoms with Crippen molar-refractivity contribution in [1.82, 2.24) is 14.8 Å². The van der Waals surface area contributed by atoms with Gasteiger partial charge >= 0.3 is 0 Å². The van der Waals surface area contributed by atoms with E-state index in [1.807, 2.05) is 47.2 Å². The molecule has 2 aromatic heterocycles. The van der Waals surface area contributed by atoms with Gasteiger partial charge in [0.1, 0.15) is 16.1 Å². The van der Waals surface area contributed by atoms with E-state index in [4.69, 9.17) is 9.47 Å². The van der Waals surface area contributed by atoms with Gasteiger partial charge in [-0.2, -0.15) is 0 Å². The molecule has 3 heterocycles. The Kier molecular flexibility index (Phi) is 6.02. The normalized spacial score (nSPS) is 20.9. The topological polar surface area (TPSA) is 72.8 Å². The summed E-state index contributed by atoms with van der Waals surface area (Å²) >= 11 is 1.60. The lowest BCUT2D eigenvalue weighted by atomic mass is 9.91. The van der Waals surface area contributed by atoms with Crippen LogP contribution in [0.3, 0.4) is 0 Å². The van der Waals surface area contributed by atoms with Gasteiger partial charge in [-0.25, -0.2) is 0 Å². The van der Waals surface area contributed by atoms with Crippen molar-refractivity contribution >= 4 is 33.4 Å². The molecular formula is C26H31N3O4S. The highest BCUT2D eigenvalue weighted by atomic mass is 32.1. The number of fused-ring (bicyclic) bond motifs is 3. The molecule has 34 heavy (non-hydrogen) atoms. The van der Waals surface area contributed by atoms with E-state index in [-0.39, 0.29) is 17.9 Å². The van der Waals surface area contributed by atoms with Crippen molar-refractivity contribution in [3.05, 3.63) is 47.0 Å². The van der Waals surface area contributed by atoms with Crippen LogP contribution in [-0.4, -0.2) is 47.1 Å². The first kappa shape index (κ1) is 22.8. The van der Waals surface area contributed by atoms with Crippen LogP contribution in [0.5, 0.6) is 11.5 Å². The second kappa shape index (κ2) is 8.98. The summed E-state index contributed by atoms with van der Waals surface area (Å²) in [5, 5.41) is 6.35. The van der Waals surface area contributed by atoms with Crippen molar-refractivity contribution in [3.8, 4) is 11.5 Å². The van der Waals surface area contributed by atoms with E-state index in [0.717, 1.165) is 41.5 Å². The summed E-state index contributed by atoms with van der Waals surface area (Å²) in [5.41, 5.74) is 0.486. The Balaban J connectivity index is 1.52.